The number of halogens is 1. The Morgan fingerprint density at radius 2 is 1.61 bits per heavy atom. The number of likely N-dealkylation sites (N-methyl/N-ethyl adjacent to an activating group) is 1. The van der Waals surface area contributed by atoms with Crippen molar-refractivity contribution >= 4 is 17.7 Å². The van der Waals surface area contributed by atoms with Gasteiger partial charge in [0.1, 0.15) is 5.82 Å². The minimum Gasteiger partial charge on any atom is -0.336 e. The fraction of sp³-hybridized carbons (Fsp3) is 0.250. The molecule has 1 aliphatic rings. The molecule has 1 fully saturated rings. The molecule has 36 heavy (non-hydrogen) atoms. The topological polar surface area (TPSA) is 54.3 Å². The predicted molar refractivity (Wildman–Crippen MR) is 141 cm³/mol. The molecule has 0 radical (unpaired) electrons. The second-order valence-corrected chi connectivity index (χ2v) is 9.97. The van der Waals surface area contributed by atoms with E-state index in [0.717, 1.165) is 54.1 Å². The first kappa shape index (κ1) is 24.2. The number of hydrogen-bond donors (Lipinski definition) is 0. The molecule has 0 unspecified atom stereocenters. The number of aromatic nitrogens is 3. The van der Waals surface area contributed by atoms with Crippen LogP contribution in [0.2, 0.25) is 0 Å². The van der Waals surface area contributed by atoms with Crippen LogP contribution in [0, 0.1) is 12.7 Å². The Labute approximate surface area is 214 Å². The summed E-state index contributed by atoms with van der Waals surface area (Å²) >= 11 is 1.51. The van der Waals surface area contributed by atoms with E-state index in [2.05, 4.69) is 22.1 Å². The molecule has 0 saturated carbocycles. The highest BCUT2D eigenvalue weighted by Crippen LogP contribution is 2.31. The van der Waals surface area contributed by atoms with Crippen LogP contribution in [0.1, 0.15) is 21.5 Å². The van der Waals surface area contributed by atoms with Crippen molar-refractivity contribution in [2.45, 2.75) is 17.8 Å². The SMILES string of the molecule is Cc1ccc(-c2nnc(SCc3ccccc3C(=O)N3CCN(C)CC3)n2-c2ccc(F)cc2)cc1. The van der Waals surface area contributed by atoms with Crippen molar-refractivity contribution in [1.82, 2.24) is 24.6 Å². The van der Waals surface area contributed by atoms with Crippen LogP contribution in [0.3, 0.4) is 0 Å². The van der Waals surface area contributed by atoms with E-state index >= 15 is 0 Å². The number of hydrogen-bond acceptors (Lipinski definition) is 5. The number of aryl methyl sites for hydroxylation is 1. The van der Waals surface area contributed by atoms with E-state index in [0.29, 0.717) is 16.7 Å². The monoisotopic (exact) mass is 501 g/mol. The maximum atomic E-state index is 13.7. The number of amides is 1. The van der Waals surface area contributed by atoms with Crippen LogP contribution in [0.4, 0.5) is 4.39 Å². The number of carbonyl (C=O) groups excluding carboxylic acids is 1. The average molecular weight is 502 g/mol. The third kappa shape index (κ3) is 5.20. The molecular formula is C28H28FN5OS. The van der Waals surface area contributed by atoms with Crippen molar-refractivity contribution in [1.29, 1.82) is 0 Å². The Hall–Kier alpha value is -3.49. The maximum absolute atomic E-state index is 13.7. The molecule has 0 N–H and O–H groups in total. The maximum Gasteiger partial charge on any atom is 0.254 e. The van der Waals surface area contributed by atoms with Gasteiger partial charge in [-0.2, -0.15) is 0 Å². The summed E-state index contributed by atoms with van der Waals surface area (Å²) in [5.41, 5.74) is 4.54. The van der Waals surface area contributed by atoms with Gasteiger partial charge in [0.15, 0.2) is 11.0 Å². The highest BCUT2D eigenvalue weighted by Gasteiger charge is 2.23. The smallest absolute Gasteiger partial charge is 0.254 e. The lowest BCUT2D eigenvalue weighted by molar-refractivity contribution is 0.0663. The Balaban J connectivity index is 1.44. The Bertz CT molecular complexity index is 1350. The number of piperazine rings is 1. The second-order valence-electron chi connectivity index (χ2n) is 9.03. The zero-order valence-corrected chi connectivity index (χ0v) is 21.2. The minimum atomic E-state index is -0.297. The van der Waals surface area contributed by atoms with Crippen LogP contribution in [0.15, 0.2) is 78.0 Å². The zero-order valence-electron chi connectivity index (χ0n) is 20.4. The summed E-state index contributed by atoms with van der Waals surface area (Å²) in [6.07, 6.45) is 0. The molecule has 0 atom stereocenters. The highest BCUT2D eigenvalue weighted by molar-refractivity contribution is 7.98. The van der Waals surface area contributed by atoms with Crippen molar-refractivity contribution in [2.75, 3.05) is 33.2 Å². The van der Waals surface area contributed by atoms with Crippen molar-refractivity contribution in [3.63, 3.8) is 0 Å². The van der Waals surface area contributed by atoms with Gasteiger partial charge in [0, 0.05) is 48.7 Å². The first-order valence-corrected chi connectivity index (χ1v) is 12.9. The van der Waals surface area contributed by atoms with E-state index in [1.54, 1.807) is 12.1 Å². The van der Waals surface area contributed by atoms with E-state index in [9.17, 15) is 9.18 Å². The number of rotatable bonds is 6. The molecule has 6 nitrogen and oxygen atoms in total. The number of carbonyl (C=O) groups is 1. The largest absolute Gasteiger partial charge is 0.336 e. The van der Waals surface area contributed by atoms with Gasteiger partial charge in [0.25, 0.3) is 5.91 Å². The van der Waals surface area contributed by atoms with Gasteiger partial charge in [0.05, 0.1) is 0 Å². The Morgan fingerprint density at radius 1 is 0.917 bits per heavy atom. The molecule has 1 aliphatic heterocycles. The molecule has 1 amide bonds. The molecule has 8 heteroatoms. The average Bonchev–Trinajstić information content (AvgIpc) is 3.32. The molecule has 0 bridgehead atoms. The van der Waals surface area contributed by atoms with Crippen LogP contribution in [0.5, 0.6) is 0 Å². The van der Waals surface area contributed by atoms with Gasteiger partial charge in [-0.1, -0.05) is 59.8 Å². The summed E-state index contributed by atoms with van der Waals surface area (Å²) in [5, 5.41) is 9.65. The lowest BCUT2D eigenvalue weighted by atomic mass is 10.1. The van der Waals surface area contributed by atoms with Crippen molar-refractivity contribution < 1.29 is 9.18 Å². The van der Waals surface area contributed by atoms with Crippen LogP contribution in [-0.2, 0) is 5.75 Å². The van der Waals surface area contributed by atoms with Crippen molar-refractivity contribution in [3.8, 4) is 17.1 Å². The van der Waals surface area contributed by atoms with E-state index < -0.39 is 0 Å². The van der Waals surface area contributed by atoms with Gasteiger partial charge in [-0.05, 0) is 49.9 Å². The van der Waals surface area contributed by atoms with E-state index in [1.165, 1.54) is 23.9 Å². The zero-order chi connectivity index (χ0) is 25.1. The van der Waals surface area contributed by atoms with E-state index in [4.69, 9.17) is 0 Å². The van der Waals surface area contributed by atoms with Crippen molar-refractivity contribution in [2.24, 2.45) is 0 Å². The lowest BCUT2D eigenvalue weighted by Crippen LogP contribution is -2.47. The summed E-state index contributed by atoms with van der Waals surface area (Å²) in [7, 11) is 2.08. The molecule has 4 aromatic rings. The van der Waals surface area contributed by atoms with Gasteiger partial charge < -0.3 is 9.80 Å². The number of nitrogens with zero attached hydrogens (tertiary/aromatic N) is 5. The second kappa shape index (κ2) is 10.6. The number of thioether (sulfide) groups is 1. The summed E-state index contributed by atoms with van der Waals surface area (Å²) < 4.78 is 15.6. The molecule has 5 rings (SSSR count). The van der Waals surface area contributed by atoms with Crippen LogP contribution in [0.25, 0.3) is 17.1 Å². The summed E-state index contributed by atoms with van der Waals surface area (Å²) in [6, 6.07) is 22.2. The molecular weight excluding hydrogens is 473 g/mol. The van der Waals surface area contributed by atoms with Crippen LogP contribution in [-0.4, -0.2) is 63.7 Å². The first-order valence-electron chi connectivity index (χ1n) is 12.0. The summed E-state index contributed by atoms with van der Waals surface area (Å²) in [5.74, 6) is 1.02. The molecule has 2 heterocycles. The third-order valence-electron chi connectivity index (χ3n) is 6.42. The predicted octanol–water partition coefficient (Wildman–Crippen LogP) is 5.06. The van der Waals surface area contributed by atoms with Gasteiger partial charge in [0.2, 0.25) is 0 Å². The molecule has 3 aromatic carbocycles. The molecule has 1 saturated heterocycles. The molecule has 184 valence electrons. The normalized spacial score (nSPS) is 14.2. The Kier molecular flexibility index (Phi) is 7.16. The van der Waals surface area contributed by atoms with E-state index in [-0.39, 0.29) is 11.7 Å². The Morgan fingerprint density at radius 3 is 2.33 bits per heavy atom. The summed E-state index contributed by atoms with van der Waals surface area (Å²) in [6.45, 7) is 5.26. The molecule has 0 spiro atoms. The van der Waals surface area contributed by atoms with Crippen LogP contribution >= 0.6 is 11.8 Å². The number of benzene rings is 3. The third-order valence-corrected chi connectivity index (χ3v) is 7.40. The molecule has 1 aromatic heterocycles. The quantitative estimate of drug-likeness (QED) is 0.346. The fourth-order valence-corrected chi connectivity index (χ4v) is 5.21. The van der Waals surface area contributed by atoms with Crippen LogP contribution < -0.4 is 0 Å². The lowest BCUT2D eigenvalue weighted by Gasteiger charge is -2.32. The summed E-state index contributed by atoms with van der Waals surface area (Å²) in [4.78, 5) is 17.5. The standard InChI is InChI=1S/C28H28FN5OS/c1-20-7-9-21(10-8-20)26-30-31-28(34(26)24-13-11-23(29)12-14-24)36-19-22-5-3-4-6-25(22)27(35)33-17-15-32(2)16-18-33/h3-14H,15-19H2,1-2H3. The van der Waals surface area contributed by atoms with Gasteiger partial charge in [-0.15, -0.1) is 10.2 Å². The van der Waals surface area contributed by atoms with Gasteiger partial charge in [-0.3, -0.25) is 9.36 Å². The van der Waals surface area contributed by atoms with Gasteiger partial charge in [-0.25, -0.2) is 4.39 Å². The van der Waals surface area contributed by atoms with Crippen molar-refractivity contribution in [3.05, 3.63) is 95.3 Å². The van der Waals surface area contributed by atoms with E-state index in [1.807, 2.05) is 64.9 Å². The highest BCUT2D eigenvalue weighted by atomic mass is 32.2. The fourth-order valence-electron chi connectivity index (χ4n) is 4.25. The molecule has 0 aliphatic carbocycles. The van der Waals surface area contributed by atoms with Gasteiger partial charge >= 0.3 is 0 Å². The first-order chi connectivity index (χ1) is 17.5. The minimum absolute atomic E-state index is 0.0691.